The van der Waals surface area contributed by atoms with Crippen molar-refractivity contribution in [2.45, 2.75) is 64.3 Å². The van der Waals surface area contributed by atoms with Crippen LogP contribution in [0.3, 0.4) is 0 Å². The Bertz CT molecular complexity index is 1410. The molecular weight excluding hydrogens is 575 g/mol. The fourth-order valence-electron chi connectivity index (χ4n) is 9.12. The number of nitrogens with zero attached hydrogens (tertiary/aromatic N) is 5. The molecule has 7 heteroatoms. The van der Waals surface area contributed by atoms with Gasteiger partial charge in [-0.3, -0.25) is 14.2 Å². The van der Waals surface area contributed by atoms with E-state index in [0.717, 1.165) is 60.9 Å². The highest BCUT2D eigenvalue weighted by Crippen LogP contribution is 2.53. The van der Waals surface area contributed by atoms with Gasteiger partial charge in [-0.25, -0.2) is 0 Å². The first-order valence-corrected chi connectivity index (χ1v) is 18.1. The summed E-state index contributed by atoms with van der Waals surface area (Å²) in [7, 11) is 2.02. The SMILES string of the molecule is CCN1Cc2ccccc2C(C2CCCC2)(C2CCN(CC3CN(c4ccc(OSN(C)c5ccncc5C)cc4)C3)CC2)C1. The van der Waals surface area contributed by atoms with Gasteiger partial charge in [-0.2, -0.15) is 0 Å². The van der Waals surface area contributed by atoms with E-state index in [-0.39, 0.29) is 0 Å². The lowest BCUT2D eigenvalue weighted by molar-refractivity contribution is 0.0359. The summed E-state index contributed by atoms with van der Waals surface area (Å²) < 4.78 is 8.04. The van der Waals surface area contributed by atoms with Crippen molar-refractivity contribution in [1.29, 1.82) is 0 Å². The highest BCUT2D eigenvalue weighted by Gasteiger charge is 2.51. The lowest BCUT2D eigenvalue weighted by Crippen LogP contribution is -2.57. The standard InChI is InChI=1S/C38H51N5OS/c1-4-41-27-31-9-5-8-12-36(31)38(28-41,32-10-6-7-11-32)33-18-21-42(22-19-33)24-30-25-43(26-30)34-13-15-35(16-14-34)44-45-40(3)37-17-20-39-23-29(37)2/h5,8-9,12-17,20,23,30,32-33H,4,6-7,10-11,18-19,21-22,24-28H2,1-3H3. The van der Waals surface area contributed by atoms with Gasteiger partial charge in [0.1, 0.15) is 5.75 Å². The molecule has 0 amide bonds. The molecule has 0 N–H and O–H groups in total. The third-order valence-corrected chi connectivity index (χ3v) is 12.2. The first-order chi connectivity index (χ1) is 22.0. The van der Waals surface area contributed by atoms with E-state index < -0.39 is 0 Å². The summed E-state index contributed by atoms with van der Waals surface area (Å²) in [6, 6.07) is 20.2. The van der Waals surface area contributed by atoms with Crippen LogP contribution in [-0.2, 0) is 12.0 Å². The van der Waals surface area contributed by atoms with Crippen LogP contribution in [0, 0.1) is 24.7 Å². The second-order valence-electron chi connectivity index (χ2n) is 14.1. The monoisotopic (exact) mass is 625 g/mol. The first-order valence-electron chi connectivity index (χ1n) is 17.4. The Morgan fingerprint density at radius 3 is 2.40 bits per heavy atom. The second kappa shape index (κ2) is 13.5. The maximum absolute atomic E-state index is 6.00. The van der Waals surface area contributed by atoms with E-state index in [9.17, 15) is 0 Å². The number of fused-ring (bicyclic) bond motifs is 1. The third-order valence-electron chi connectivity index (χ3n) is 11.5. The number of piperidine rings is 1. The van der Waals surface area contributed by atoms with Crippen molar-refractivity contribution in [1.82, 2.24) is 14.8 Å². The summed E-state index contributed by atoms with van der Waals surface area (Å²) >= 11 is 1.35. The number of likely N-dealkylation sites (N-methyl/N-ethyl adjacent to an activating group) is 1. The van der Waals surface area contributed by atoms with E-state index >= 15 is 0 Å². The average molecular weight is 626 g/mol. The fraction of sp³-hybridized carbons (Fsp3) is 0.553. The summed E-state index contributed by atoms with van der Waals surface area (Å²) in [5.74, 6) is 3.30. The van der Waals surface area contributed by atoms with Crippen LogP contribution in [0.4, 0.5) is 11.4 Å². The molecule has 240 valence electrons. The largest absolute Gasteiger partial charge is 0.405 e. The molecule has 3 fully saturated rings. The van der Waals surface area contributed by atoms with Crippen LogP contribution in [0.15, 0.2) is 67.0 Å². The Labute approximate surface area is 275 Å². The third kappa shape index (κ3) is 6.33. The smallest absolute Gasteiger partial charge is 0.179 e. The average Bonchev–Trinajstić information content (AvgIpc) is 3.61. The van der Waals surface area contributed by atoms with Crippen LogP contribution in [-0.4, -0.2) is 67.6 Å². The molecule has 1 saturated carbocycles. The Morgan fingerprint density at radius 2 is 1.67 bits per heavy atom. The quantitative estimate of drug-likeness (QED) is 0.170. The molecule has 0 bridgehead atoms. The van der Waals surface area contributed by atoms with Crippen molar-refractivity contribution in [3.05, 3.63) is 83.7 Å². The molecule has 2 saturated heterocycles. The van der Waals surface area contributed by atoms with Crippen molar-refractivity contribution in [2.75, 3.05) is 62.1 Å². The first kappa shape index (κ1) is 30.9. The van der Waals surface area contributed by atoms with Gasteiger partial charge in [-0.05, 0) is 111 Å². The molecule has 6 nitrogen and oxygen atoms in total. The number of hydrogen-bond acceptors (Lipinski definition) is 7. The van der Waals surface area contributed by atoms with Crippen LogP contribution in [0.2, 0.25) is 0 Å². The van der Waals surface area contributed by atoms with Crippen molar-refractivity contribution < 1.29 is 4.18 Å². The minimum Gasteiger partial charge on any atom is -0.405 e. The van der Waals surface area contributed by atoms with Gasteiger partial charge < -0.3 is 14.0 Å². The van der Waals surface area contributed by atoms with Crippen LogP contribution < -0.4 is 13.4 Å². The van der Waals surface area contributed by atoms with Crippen molar-refractivity contribution in [3.63, 3.8) is 0 Å². The van der Waals surface area contributed by atoms with Crippen LogP contribution in [0.5, 0.6) is 5.75 Å². The van der Waals surface area contributed by atoms with Crippen molar-refractivity contribution in [2.24, 2.45) is 17.8 Å². The van der Waals surface area contributed by atoms with E-state index in [1.54, 1.807) is 11.1 Å². The number of likely N-dealkylation sites (tertiary alicyclic amines) is 1. The summed E-state index contributed by atoms with van der Waals surface area (Å²) in [5, 5.41) is 0. The van der Waals surface area contributed by atoms with E-state index in [1.807, 2.05) is 29.8 Å². The molecule has 1 atom stereocenters. The summed E-state index contributed by atoms with van der Waals surface area (Å²) in [6.45, 7) is 14.1. The zero-order valence-corrected chi connectivity index (χ0v) is 28.4. The zero-order chi connectivity index (χ0) is 30.8. The molecule has 7 rings (SSSR count). The lowest BCUT2D eigenvalue weighted by atomic mass is 9.57. The molecule has 3 aromatic rings. The van der Waals surface area contributed by atoms with E-state index in [1.165, 1.54) is 82.6 Å². The molecule has 0 radical (unpaired) electrons. The summed E-state index contributed by atoms with van der Waals surface area (Å²) in [4.78, 5) is 12.3. The normalized spacial score (nSPS) is 23.6. The number of aryl methyl sites for hydroxylation is 1. The Balaban J connectivity index is 0.913. The van der Waals surface area contributed by atoms with Gasteiger partial charge in [0, 0.05) is 69.2 Å². The number of anilines is 2. The maximum atomic E-state index is 6.00. The molecule has 4 aliphatic rings. The van der Waals surface area contributed by atoms with Gasteiger partial charge in [0.05, 0.1) is 5.69 Å². The molecular formula is C38H51N5OS. The van der Waals surface area contributed by atoms with E-state index in [4.69, 9.17) is 4.18 Å². The van der Waals surface area contributed by atoms with Gasteiger partial charge in [0.25, 0.3) is 0 Å². The Kier molecular flexibility index (Phi) is 9.30. The van der Waals surface area contributed by atoms with Gasteiger partial charge >= 0.3 is 0 Å². The fourth-order valence-corrected chi connectivity index (χ4v) is 9.72. The number of pyridine rings is 1. The van der Waals surface area contributed by atoms with Gasteiger partial charge in [0.15, 0.2) is 12.2 Å². The van der Waals surface area contributed by atoms with Crippen LogP contribution in [0.1, 0.15) is 62.1 Å². The van der Waals surface area contributed by atoms with Crippen LogP contribution >= 0.6 is 12.2 Å². The lowest BCUT2D eigenvalue weighted by Gasteiger charge is -2.54. The highest BCUT2D eigenvalue weighted by molar-refractivity contribution is 7.96. The minimum atomic E-state index is 0.350. The predicted octanol–water partition coefficient (Wildman–Crippen LogP) is 7.58. The van der Waals surface area contributed by atoms with E-state index in [2.05, 4.69) is 82.1 Å². The number of aromatic nitrogens is 1. The topological polar surface area (TPSA) is 35.1 Å². The molecule has 45 heavy (non-hydrogen) atoms. The molecule has 0 spiro atoms. The molecule has 1 unspecified atom stereocenters. The molecule has 2 aromatic carbocycles. The molecule has 1 aromatic heterocycles. The Hall–Kier alpha value is -2.74. The maximum Gasteiger partial charge on any atom is 0.179 e. The zero-order valence-electron chi connectivity index (χ0n) is 27.5. The highest BCUT2D eigenvalue weighted by atomic mass is 32.2. The molecule has 3 aliphatic heterocycles. The van der Waals surface area contributed by atoms with E-state index in [0.29, 0.717) is 5.41 Å². The molecule has 1 aliphatic carbocycles. The summed E-state index contributed by atoms with van der Waals surface area (Å²) in [5.41, 5.74) is 7.23. The minimum absolute atomic E-state index is 0.350. The van der Waals surface area contributed by atoms with Gasteiger partial charge in [0.2, 0.25) is 0 Å². The second-order valence-corrected chi connectivity index (χ2v) is 15.0. The van der Waals surface area contributed by atoms with Crippen molar-refractivity contribution >= 4 is 23.6 Å². The number of benzene rings is 2. The number of hydrogen-bond donors (Lipinski definition) is 0. The van der Waals surface area contributed by atoms with Crippen LogP contribution in [0.25, 0.3) is 0 Å². The Morgan fingerprint density at radius 1 is 0.933 bits per heavy atom. The van der Waals surface area contributed by atoms with Crippen molar-refractivity contribution in [3.8, 4) is 5.75 Å². The predicted molar refractivity (Wildman–Crippen MR) is 188 cm³/mol. The number of rotatable bonds is 10. The van der Waals surface area contributed by atoms with Gasteiger partial charge in [-0.15, -0.1) is 0 Å². The molecule has 4 heterocycles. The summed E-state index contributed by atoms with van der Waals surface area (Å²) in [6.07, 6.45) is 12.1. The van der Waals surface area contributed by atoms with Gasteiger partial charge in [-0.1, -0.05) is 44.0 Å².